The molecule has 0 bridgehead atoms. The second-order valence-corrected chi connectivity index (χ2v) is 6.62. The second kappa shape index (κ2) is 7.19. The number of halogens is 1. The van der Waals surface area contributed by atoms with E-state index in [4.69, 9.17) is 0 Å². The van der Waals surface area contributed by atoms with E-state index in [1.165, 1.54) is 48.4 Å². The van der Waals surface area contributed by atoms with Gasteiger partial charge in [0.1, 0.15) is 5.75 Å². The molecule has 2 aromatic carbocycles. The number of aryl methyl sites for hydroxylation is 1. The Hall–Kier alpha value is -1.48. The van der Waals surface area contributed by atoms with E-state index in [0.29, 0.717) is 5.75 Å². The maximum atomic E-state index is 9.83. The van der Waals surface area contributed by atoms with E-state index in [-0.39, 0.29) is 0 Å². The van der Waals surface area contributed by atoms with E-state index in [9.17, 15) is 5.11 Å². The molecule has 22 heavy (non-hydrogen) atoms. The average Bonchev–Trinajstić information content (AvgIpc) is 2.84. The molecule has 0 radical (unpaired) electrons. The minimum atomic E-state index is 0.342. The van der Waals surface area contributed by atoms with Gasteiger partial charge in [-0.3, -0.25) is 0 Å². The highest BCUT2D eigenvalue weighted by Crippen LogP contribution is 2.31. The number of rotatable bonds is 7. The van der Waals surface area contributed by atoms with Crippen LogP contribution in [0.25, 0.3) is 21.8 Å². The molecule has 3 heteroatoms. The molecule has 0 amide bonds. The summed E-state index contributed by atoms with van der Waals surface area (Å²) in [7, 11) is 0. The van der Waals surface area contributed by atoms with Crippen molar-refractivity contribution in [3.63, 3.8) is 0 Å². The Morgan fingerprint density at radius 3 is 2.41 bits per heavy atom. The Morgan fingerprint density at radius 2 is 1.55 bits per heavy atom. The summed E-state index contributed by atoms with van der Waals surface area (Å²) in [6, 6.07) is 14.2. The molecule has 116 valence electrons. The zero-order valence-corrected chi connectivity index (χ0v) is 14.3. The third-order valence-electron chi connectivity index (χ3n) is 4.27. The Morgan fingerprint density at radius 1 is 0.818 bits per heavy atom. The predicted molar refractivity (Wildman–Crippen MR) is 98.0 cm³/mol. The summed E-state index contributed by atoms with van der Waals surface area (Å²) in [6.45, 7) is 1.02. The number of hydrogen-bond acceptors (Lipinski definition) is 1. The van der Waals surface area contributed by atoms with Gasteiger partial charge in [0.25, 0.3) is 0 Å². The van der Waals surface area contributed by atoms with Crippen molar-refractivity contribution in [2.24, 2.45) is 0 Å². The molecule has 0 atom stereocenters. The molecule has 1 heterocycles. The van der Waals surface area contributed by atoms with E-state index >= 15 is 0 Å². The molecular weight excluding hydrogens is 338 g/mol. The maximum Gasteiger partial charge on any atom is 0.117 e. The molecule has 0 aliphatic carbocycles. The number of aromatic nitrogens is 1. The number of phenolic OH excluding ortho intramolecular Hbond substituents is 1. The van der Waals surface area contributed by atoms with Gasteiger partial charge in [-0.05, 0) is 31.0 Å². The molecule has 3 rings (SSSR count). The first-order chi connectivity index (χ1) is 10.8. The average molecular weight is 360 g/mol. The van der Waals surface area contributed by atoms with E-state index in [1.54, 1.807) is 6.07 Å². The standard InChI is InChI=1S/C19H22BrNO/c20-12-6-2-1-3-7-13-21-18-9-5-4-8-16(18)17-11-10-15(22)14-19(17)21/h4-5,8-11,14,22H,1-3,6-7,12-13H2. The van der Waals surface area contributed by atoms with Crippen molar-refractivity contribution in [2.75, 3.05) is 5.33 Å². The summed E-state index contributed by atoms with van der Waals surface area (Å²) in [5.41, 5.74) is 2.41. The Bertz CT molecular complexity index is 763. The van der Waals surface area contributed by atoms with Gasteiger partial charge in [0.05, 0.1) is 5.52 Å². The van der Waals surface area contributed by atoms with Crippen LogP contribution in [-0.4, -0.2) is 15.0 Å². The van der Waals surface area contributed by atoms with Gasteiger partial charge in [0, 0.05) is 34.2 Å². The van der Waals surface area contributed by atoms with Crippen molar-refractivity contribution in [1.82, 2.24) is 4.57 Å². The molecular formula is C19H22BrNO. The number of aromatic hydroxyl groups is 1. The molecule has 0 aliphatic rings. The first-order valence-electron chi connectivity index (χ1n) is 8.07. The van der Waals surface area contributed by atoms with Gasteiger partial charge in [-0.2, -0.15) is 0 Å². The predicted octanol–water partition coefficient (Wildman–Crippen LogP) is 5.85. The van der Waals surface area contributed by atoms with Gasteiger partial charge < -0.3 is 9.67 Å². The van der Waals surface area contributed by atoms with Gasteiger partial charge in [-0.15, -0.1) is 0 Å². The molecule has 0 saturated heterocycles. The number of benzene rings is 2. The van der Waals surface area contributed by atoms with Gasteiger partial charge in [-0.1, -0.05) is 53.4 Å². The Kier molecular flexibility index (Phi) is 5.04. The highest BCUT2D eigenvalue weighted by atomic mass is 79.9. The topological polar surface area (TPSA) is 25.2 Å². The van der Waals surface area contributed by atoms with Crippen molar-refractivity contribution in [1.29, 1.82) is 0 Å². The summed E-state index contributed by atoms with van der Waals surface area (Å²) in [5.74, 6) is 0.342. The number of para-hydroxylation sites is 1. The number of phenols is 1. The van der Waals surface area contributed by atoms with Crippen molar-refractivity contribution in [3.05, 3.63) is 42.5 Å². The van der Waals surface area contributed by atoms with Crippen LogP contribution in [0.1, 0.15) is 32.1 Å². The van der Waals surface area contributed by atoms with E-state index in [1.807, 2.05) is 12.1 Å². The van der Waals surface area contributed by atoms with Crippen molar-refractivity contribution in [2.45, 2.75) is 38.6 Å². The second-order valence-electron chi connectivity index (χ2n) is 5.83. The molecule has 0 fully saturated rings. The monoisotopic (exact) mass is 359 g/mol. The molecule has 0 aliphatic heterocycles. The molecule has 1 aromatic heterocycles. The largest absolute Gasteiger partial charge is 0.508 e. The zero-order chi connectivity index (χ0) is 15.4. The summed E-state index contributed by atoms with van der Waals surface area (Å²) >= 11 is 3.48. The lowest BCUT2D eigenvalue weighted by atomic mass is 10.1. The van der Waals surface area contributed by atoms with Gasteiger partial charge in [0.2, 0.25) is 0 Å². The first kappa shape index (κ1) is 15.4. The number of hydrogen-bond donors (Lipinski definition) is 1. The van der Waals surface area contributed by atoms with Gasteiger partial charge in [0.15, 0.2) is 0 Å². The van der Waals surface area contributed by atoms with Crippen LogP contribution in [-0.2, 0) is 6.54 Å². The van der Waals surface area contributed by atoms with E-state index in [2.05, 4.69) is 44.8 Å². The SMILES string of the molecule is Oc1ccc2c3ccccc3n(CCCCCCCBr)c2c1. The fourth-order valence-corrected chi connectivity index (χ4v) is 3.57. The first-order valence-corrected chi connectivity index (χ1v) is 9.19. The quantitative estimate of drug-likeness (QED) is 0.415. The van der Waals surface area contributed by atoms with Crippen LogP contribution in [0, 0.1) is 0 Å². The van der Waals surface area contributed by atoms with Crippen molar-refractivity contribution < 1.29 is 5.11 Å². The molecule has 0 saturated carbocycles. The summed E-state index contributed by atoms with van der Waals surface area (Å²) < 4.78 is 2.36. The molecule has 1 N–H and O–H groups in total. The van der Waals surface area contributed by atoms with Crippen LogP contribution in [0.3, 0.4) is 0 Å². The number of fused-ring (bicyclic) bond motifs is 3. The molecule has 0 unspecified atom stereocenters. The minimum absolute atomic E-state index is 0.342. The zero-order valence-electron chi connectivity index (χ0n) is 12.8. The minimum Gasteiger partial charge on any atom is -0.508 e. The maximum absolute atomic E-state index is 9.83. The van der Waals surface area contributed by atoms with Crippen LogP contribution >= 0.6 is 15.9 Å². The van der Waals surface area contributed by atoms with E-state index in [0.717, 1.165) is 17.4 Å². The van der Waals surface area contributed by atoms with Crippen molar-refractivity contribution >= 4 is 37.7 Å². The lowest BCUT2D eigenvalue weighted by molar-refractivity contribution is 0.475. The Labute approximate surface area is 139 Å². The number of alkyl halides is 1. The fraction of sp³-hybridized carbons (Fsp3) is 0.368. The number of unbranched alkanes of at least 4 members (excludes halogenated alkanes) is 4. The third kappa shape index (κ3) is 3.14. The summed E-state index contributed by atoms with van der Waals surface area (Å²) in [5, 5.41) is 13.4. The van der Waals surface area contributed by atoms with Gasteiger partial charge >= 0.3 is 0 Å². The number of nitrogens with zero attached hydrogens (tertiary/aromatic N) is 1. The molecule has 2 nitrogen and oxygen atoms in total. The molecule has 0 spiro atoms. The van der Waals surface area contributed by atoms with Crippen LogP contribution in [0.4, 0.5) is 0 Å². The smallest absolute Gasteiger partial charge is 0.117 e. The van der Waals surface area contributed by atoms with Crippen LogP contribution in [0.2, 0.25) is 0 Å². The van der Waals surface area contributed by atoms with Crippen LogP contribution in [0.15, 0.2) is 42.5 Å². The fourth-order valence-electron chi connectivity index (χ4n) is 3.17. The summed E-state index contributed by atoms with van der Waals surface area (Å²) in [6.07, 6.45) is 6.32. The van der Waals surface area contributed by atoms with Crippen LogP contribution < -0.4 is 0 Å². The van der Waals surface area contributed by atoms with Crippen molar-refractivity contribution in [3.8, 4) is 5.75 Å². The Balaban J connectivity index is 1.84. The third-order valence-corrected chi connectivity index (χ3v) is 4.83. The lowest BCUT2D eigenvalue weighted by Gasteiger charge is -2.07. The summed E-state index contributed by atoms with van der Waals surface area (Å²) in [4.78, 5) is 0. The lowest BCUT2D eigenvalue weighted by Crippen LogP contribution is -1.97. The van der Waals surface area contributed by atoms with Gasteiger partial charge in [-0.25, -0.2) is 0 Å². The molecule has 3 aromatic rings. The normalized spacial score (nSPS) is 11.5. The van der Waals surface area contributed by atoms with E-state index < -0.39 is 0 Å². The highest BCUT2D eigenvalue weighted by Gasteiger charge is 2.10. The van der Waals surface area contributed by atoms with Crippen LogP contribution in [0.5, 0.6) is 5.75 Å². The highest BCUT2D eigenvalue weighted by molar-refractivity contribution is 9.09.